The van der Waals surface area contributed by atoms with Crippen molar-refractivity contribution in [2.75, 3.05) is 19.8 Å². The van der Waals surface area contributed by atoms with Crippen LogP contribution in [-0.2, 0) is 23.2 Å². The summed E-state index contributed by atoms with van der Waals surface area (Å²) in [6.45, 7) is 5.56. The Bertz CT molecular complexity index is 3380. The van der Waals surface area contributed by atoms with Gasteiger partial charge in [-0.3, -0.25) is 28.1 Å². The summed E-state index contributed by atoms with van der Waals surface area (Å²) >= 11 is 0. The van der Waals surface area contributed by atoms with Crippen molar-refractivity contribution in [1.82, 2.24) is 48.3 Å². The molecule has 0 radical (unpaired) electrons. The van der Waals surface area contributed by atoms with Crippen LogP contribution in [0, 0.1) is 24.5 Å². The molecule has 3 aromatic carbocycles. The number of benzene rings is 3. The number of aromatic nitrogens is 9. The Hall–Kier alpha value is -7.09. The van der Waals surface area contributed by atoms with Crippen LogP contribution in [0.4, 0.5) is 22.0 Å². The molecule has 2 aliphatic heterocycles. The van der Waals surface area contributed by atoms with Crippen molar-refractivity contribution in [2.24, 2.45) is 5.92 Å². The van der Waals surface area contributed by atoms with Gasteiger partial charge in [0.05, 0.1) is 40.2 Å². The molecule has 1 aliphatic carbocycles. The van der Waals surface area contributed by atoms with Crippen molar-refractivity contribution >= 4 is 27.7 Å². The number of hydrogen-bond donors (Lipinski definition) is 1. The van der Waals surface area contributed by atoms with Crippen molar-refractivity contribution < 1.29 is 36.0 Å². The minimum atomic E-state index is -4.60. The van der Waals surface area contributed by atoms with Gasteiger partial charge < -0.3 is 14.2 Å². The first kappa shape index (κ1) is 41.6. The van der Waals surface area contributed by atoms with E-state index in [2.05, 4.69) is 27.4 Å². The Morgan fingerprint density at radius 2 is 1.73 bits per heavy atom. The molecular formula is C46H41F5N10O5. The van der Waals surface area contributed by atoms with Crippen molar-refractivity contribution in [3.63, 3.8) is 0 Å². The Morgan fingerprint density at radius 3 is 2.44 bits per heavy atom. The lowest BCUT2D eigenvalue weighted by Gasteiger charge is -2.34. The van der Waals surface area contributed by atoms with E-state index in [0.29, 0.717) is 58.3 Å². The average molecular weight is 909 g/mol. The third-order valence-corrected chi connectivity index (χ3v) is 13.7. The van der Waals surface area contributed by atoms with Gasteiger partial charge >= 0.3 is 17.6 Å². The summed E-state index contributed by atoms with van der Waals surface area (Å²) in [5.74, 6) is -1.68. The fourth-order valence-corrected chi connectivity index (χ4v) is 10.2. The Balaban J connectivity index is 1.04. The number of imidazole rings is 1. The predicted molar refractivity (Wildman–Crippen MR) is 228 cm³/mol. The SMILES string of the molecule is Cc1cc(-n2nc3c(c2-n2ccn(-c4ccc5c(cnn5CC(F)(F)F)c4F)c2=O)[C@H](C)N(C(=O)c2cc4cc(C5CCOCC5)ccc4n2[C@@]2(c4noc(=O)[nH]4)C[C@@H]2C)CC3)ccc1F. The zero-order valence-corrected chi connectivity index (χ0v) is 35.8. The first-order chi connectivity index (χ1) is 31.6. The number of carbonyl (C=O) groups is 1. The predicted octanol–water partition coefficient (Wildman–Crippen LogP) is 7.38. The first-order valence-corrected chi connectivity index (χ1v) is 21.6. The van der Waals surface area contributed by atoms with E-state index in [1.807, 2.05) is 30.5 Å². The molecule has 1 saturated heterocycles. The number of fused-ring (bicyclic) bond motifs is 3. The second-order valence-corrected chi connectivity index (χ2v) is 17.6. The van der Waals surface area contributed by atoms with Crippen LogP contribution in [0.1, 0.15) is 83.8 Å². The summed E-state index contributed by atoms with van der Waals surface area (Å²) in [5, 5.41) is 13.4. The van der Waals surface area contributed by atoms with E-state index in [1.165, 1.54) is 45.9 Å². The van der Waals surface area contributed by atoms with Crippen LogP contribution in [0.25, 0.3) is 39.0 Å². The molecule has 0 unspecified atom stereocenters. The molecule has 340 valence electrons. The quantitative estimate of drug-likeness (QED) is 0.155. The number of H-pyrrole nitrogens is 1. The number of aromatic amines is 1. The molecule has 0 bridgehead atoms. The second kappa shape index (κ2) is 15.0. The molecule has 15 nitrogen and oxygen atoms in total. The van der Waals surface area contributed by atoms with Crippen LogP contribution in [-0.4, -0.2) is 80.1 Å². The summed E-state index contributed by atoms with van der Waals surface area (Å²) < 4.78 is 87.8. The number of carbonyl (C=O) groups excluding carboxylic acids is 1. The largest absolute Gasteiger partial charge is 0.438 e. The lowest BCUT2D eigenvalue weighted by Crippen LogP contribution is -2.41. The number of nitrogens with zero attached hydrogens (tertiary/aromatic N) is 9. The average Bonchev–Trinajstić information content (AvgIpc) is 3.93. The highest BCUT2D eigenvalue weighted by molar-refractivity contribution is 6.00. The number of hydrogen-bond acceptors (Lipinski definition) is 8. The van der Waals surface area contributed by atoms with Gasteiger partial charge in [0.25, 0.3) is 5.91 Å². The number of rotatable bonds is 8. The molecule has 1 N–H and O–H groups in total. The van der Waals surface area contributed by atoms with Crippen LogP contribution in [0.3, 0.4) is 0 Å². The molecule has 20 heteroatoms. The van der Waals surface area contributed by atoms with Crippen molar-refractivity contribution in [3.05, 3.63) is 140 Å². The van der Waals surface area contributed by atoms with E-state index < -0.39 is 47.4 Å². The lowest BCUT2D eigenvalue weighted by atomic mass is 9.91. The zero-order chi connectivity index (χ0) is 46.0. The van der Waals surface area contributed by atoms with Gasteiger partial charge in [-0.1, -0.05) is 18.1 Å². The van der Waals surface area contributed by atoms with E-state index in [4.69, 9.17) is 14.4 Å². The highest BCUT2D eigenvalue weighted by Crippen LogP contribution is 2.56. The molecule has 8 aromatic rings. The normalized spacial score (nSPS) is 20.2. The molecule has 66 heavy (non-hydrogen) atoms. The Kier molecular flexibility index (Phi) is 9.44. The van der Waals surface area contributed by atoms with Crippen LogP contribution < -0.4 is 11.4 Å². The van der Waals surface area contributed by atoms with E-state index >= 15 is 9.18 Å². The summed E-state index contributed by atoms with van der Waals surface area (Å²) in [7, 11) is 0. The minimum Gasteiger partial charge on any atom is -0.381 e. The summed E-state index contributed by atoms with van der Waals surface area (Å²) in [6.07, 6.45) is 1.70. The standard InChI is InChI=1S/C46H41F5N10O5/c1-24-18-30(5-6-32(24)47)61-40(58-15-14-57(44(58)64)36-9-8-35-31(39(36)48)22-52-59(35)23-46(49,50)51)38-26(3)56(13-10-33(38)54-61)41(62)37-20-29-19-28(27-11-16-65-17-12-27)4-7-34(29)60(37)45(21-25(45)2)42-53-43(63)66-55-42/h4-9,14-15,18-20,22,25-27H,10-13,16-17,21,23H2,1-3H3,(H,53,55,63)/t25-,26-,45-/m0/s1. The molecule has 3 atom stereocenters. The molecule has 1 saturated carbocycles. The lowest BCUT2D eigenvalue weighted by molar-refractivity contribution is -0.141. The van der Waals surface area contributed by atoms with Crippen LogP contribution in [0.5, 0.6) is 0 Å². The highest BCUT2D eigenvalue weighted by Gasteiger charge is 2.59. The Morgan fingerprint density at radius 1 is 0.970 bits per heavy atom. The maximum Gasteiger partial charge on any atom is 0.438 e. The molecule has 7 heterocycles. The molecule has 0 spiro atoms. The summed E-state index contributed by atoms with van der Waals surface area (Å²) in [5.41, 5.74) is 2.10. The van der Waals surface area contributed by atoms with Crippen molar-refractivity contribution in [1.29, 1.82) is 0 Å². The number of amides is 1. The monoisotopic (exact) mass is 908 g/mol. The Labute approximate surface area is 370 Å². The summed E-state index contributed by atoms with van der Waals surface area (Å²) in [4.78, 5) is 46.9. The first-order valence-electron chi connectivity index (χ1n) is 21.6. The van der Waals surface area contributed by atoms with Gasteiger partial charge in [-0.05, 0) is 105 Å². The van der Waals surface area contributed by atoms with Gasteiger partial charge in [0.15, 0.2) is 11.6 Å². The summed E-state index contributed by atoms with van der Waals surface area (Å²) in [6, 6.07) is 14.2. The van der Waals surface area contributed by atoms with Gasteiger partial charge in [-0.15, -0.1) is 0 Å². The van der Waals surface area contributed by atoms with E-state index in [1.54, 1.807) is 17.9 Å². The molecule has 5 aromatic heterocycles. The van der Waals surface area contributed by atoms with E-state index in [9.17, 15) is 27.2 Å². The maximum absolute atomic E-state index is 16.2. The molecule has 1 amide bonds. The smallest absolute Gasteiger partial charge is 0.381 e. The van der Waals surface area contributed by atoms with Crippen molar-refractivity contribution in [2.45, 2.75) is 76.7 Å². The third-order valence-electron chi connectivity index (χ3n) is 13.7. The second-order valence-electron chi connectivity index (χ2n) is 17.6. The minimum absolute atomic E-state index is 0.0394. The van der Waals surface area contributed by atoms with Crippen molar-refractivity contribution in [3.8, 4) is 17.2 Å². The van der Waals surface area contributed by atoms with Gasteiger partial charge in [0.2, 0.25) is 0 Å². The fourth-order valence-electron chi connectivity index (χ4n) is 10.2. The molecule has 3 aliphatic rings. The molecule has 11 rings (SSSR count). The van der Waals surface area contributed by atoms with E-state index in [0.717, 1.165) is 40.1 Å². The van der Waals surface area contributed by atoms with Gasteiger partial charge in [0, 0.05) is 55.0 Å². The maximum atomic E-state index is 16.2. The van der Waals surface area contributed by atoms with Crippen LogP contribution >= 0.6 is 0 Å². The third kappa shape index (κ3) is 6.46. The topological polar surface area (TPSA) is 156 Å². The van der Waals surface area contributed by atoms with Gasteiger partial charge in [-0.2, -0.15) is 23.4 Å². The number of alkyl halides is 3. The number of ether oxygens (including phenoxy) is 1. The number of aryl methyl sites for hydroxylation is 1. The van der Waals surface area contributed by atoms with Crippen LogP contribution in [0.15, 0.2) is 87.3 Å². The van der Waals surface area contributed by atoms with E-state index in [-0.39, 0.29) is 53.1 Å². The van der Waals surface area contributed by atoms with Gasteiger partial charge in [0.1, 0.15) is 29.4 Å². The molecular weight excluding hydrogens is 868 g/mol. The molecule has 2 fully saturated rings. The van der Waals surface area contributed by atoms with Gasteiger partial charge in [-0.25, -0.2) is 23.1 Å². The highest BCUT2D eigenvalue weighted by atomic mass is 19.4. The fraction of sp³-hybridized carbons (Fsp3) is 0.348. The number of halogens is 5. The number of nitrogens with one attached hydrogen (secondary N) is 1. The zero-order valence-electron chi connectivity index (χ0n) is 35.8. The van der Waals surface area contributed by atoms with Crippen LogP contribution in [0.2, 0.25) is 0 Å².